The Hall–Kier alpha value is -3.58. The number of aromatic nitrogens is 1. The molecular weight excluding hydrogens is 394 g/mol. The molecule has 0 saturated carbocycles. The van der Waals surface area contributed by atoms with Crippen LogP contribution in [0.25, 0.3) is 17.0 Å². The van der Waals surface area contributed by atoms with Crippen molar-refractivity contribution in [3.8, 4) is 17.2 Å². The SMILES string of the molecule is COc1cc(/C=C/C(=O)N2CCN(Cc3ccc(O)c4ncccc34)CC2)ccc1O. The zero-order chi connectivity index (χ0) is 21.8. The van der Waals surface area contributed by atoms with Crippen LogP contribution >= 0.6 is 0 Å². The number of phenolic OH excluding ortho intramolecular Hbond substituents is 2. The van der Waals surface area contributed by atoms with E-state index in [4.69, 9.17) is 4.74 Å². The van der Waals surface area contributed by atoms with Crippen LogP contribution in [0.5, 0.6) is 17.2 Å². The number of fused-ring (bicyclic) bond motifs is 1. The van der Waals surface area contributed by atoms with Gasteiger partial charge in [-0.25, -0.2) is 0 Å². The normalized spacial score (nSPS) is 14.9. The molecule has 1 saturated heterocycles. The first-order chi connectivity index (χ1) is 15.0. The van der Waals surface area contributed by atoms with E-state index in [0.29, 0.717) is 24.4 Å². The van der Waals surface area contributed by atoms with Crippen molar-refractivity contribution >= 4 is 22.9 Å². The summed E-state index contributed by atoms with van der Waals surface area (Å²) in [7, 11) is 1.49. The summed E-state index contributed by atoms with van der Waals surface area (Å²) < 4.78 is 5.10. The Kier molecular flexibility index (Phi) is 6.04. The molecule has 1 amide bonds. The molecule has 2 N–H and O–H groups in total. The summed E-state index contributed by atoms with van der Waals surface area (Å²) in [5.74, 6) is 0.596. The van der Waals surface area contributed by atoms with Crippen LogP contribution in [0.1, 0.15) is 11.1 Å². The fraction of sp³-hybridized carbons (Fsp3) is 0.250. The van der Waals surface area contributed by atoms with Crippen molar-refractivity contribution in [2.75, 3.05) is 33.3 Å². The molecule has 0 bridgehead atoms. The Morgan fingerprint density at radius 2 is 1.87 bits per heavy atom. The van der Waals surface area contributed by atoms with Crippen LogP contribution in [0.2, 0.25) is 0 Å². The third-order valence-electron chi connectivity index (χ3n) is 5.54. The number of carbonyl (C=O) groups is 1. The van der Waals surface area contributed by atoms with Gasteiger partial charge in [0.05, 0.1) is 7.11 Å². The Bertz CT molecular complexity index is 1120. The van der Waals surface area contributed by atoms with E-state index in [0.717, 1.165) is 36.1 Å². The highest BCUT2D eigenvalue weighted by molar-refractivity contribution is 5.92. The minimum atomic E-state index is -0.0361. The number of benzene rings is 2. The van der Waals surface area contributed by atoms with E-state index in [1.807, 2.05) is 23.1 Å². The second kappa shape index (κ2) is 9.06. The van der Waals surface area contributed by atoms with Gasteiger partial charge in [0, 0.05) is 50.4 Å². The van der Waals surface area contributed by atoms with Gasteiger partial charge in [-0.05, 0) is 41.5 Å². The summed E-state index contributed by atoms with van der Waals surface area (Å²) in [5.41, 5.74) is 2.51. The summed E-state index contributed by atoms with van der Waals surface area (Å²) in [6, 6.07) is 12.4. The van der Waals surface area contributed by atoms with Crippen molar-refractivity contribution in [1.82, 2.24) is 14.8 Å². The number of methoxy groups -OCH3 is 1. The number of aromatic hydroxyl groups is 2. The van der Waals surface area contributed by atoms with Gasteiger partial charge in [-0.15, -0.1) is 0 Å². The smallest absolute Gasteiger partial charge is 0.246 e. The number of carbonyl (C=O) groups excluding carboxylic acids is 1. The predicted molar refractivity (Wildman–Crippen MR) is 119 cm³/mol. The van der Waals surface area contributed by atoms with E-state index >= 15 is 0 Å². The topological polar surface area (TPSA) is 86.1 Å². The number of hydrogen-bond acceptors (Lipinski definition) is 6. The lowest BCUT2D eigenvalue weighted by Gasteiger charge is -2.34. The fourth-order valence-electron chi connectivity index (χ4n) is 3.79. The van der Waals surface area contributed by atoms with Crippen LogP contribution < -0.4 is 4.74 Å². The monoisotopic (exact) mass is 419 g/mol. The molecule has 160 valence electrons. The number of rotatable bonds is 5. The summed E-state index contributed by atoms with van der Waals surface area (Å²) >= 11 is 0. The number of amides is 1. The molecule has 2 heterocycles. The Labute approximate surface area is 180 Å². The Morgan fingerprint density at radius 1 is 1.10 bits per heavy atom. The van der Waals surface area contributed by atoms with Crippen LogP contribution in [0.4, 0.5) is 0 Å². The predicted octanol–water partition coefficient (Wildman–Crippen LogP) is 3.01. The number of ether oxygens (including phenoxy) is 1. The van der Waals surface area contributed by atoms with Gasteiger partial charge in [-0.3, -0.25) is 14.7 Å². The molecule has 0 atom stereocenters. The quantitative estimate of drug-likeness (QED) is 0.619. The number of phenols is 2. The molecule has 0 spiro atoms. The summed E-state index contributed by atoms with van der Waals surface area (Å²) in [6.07, 6.45) is 4.96. The van der Waals surface area contributed by atoms with E-state index < -0.39 is 0 Å². The molecule has 1 aromatic heterocycles. The number of hydrogen-bond donors (Lipinski definition) is 2. The van der Waals surface area contributed by atoms with Crippen molar-refractivity contribution < 1.29 is 19.7 Å². The number of pyridine rings is 1. The molecule has 0 aliphatic carbocycles. The van der Waals surface area contributed by atoms with Crippen molar-refractivity contribution in [2.24, 2.45) is 0 Å². The second-order valence-electron chi connectivity index (χ2n) is 7.51. The molecule has 7 heteroatoms. The molecule has 1 aliphatic heterocycles. The Morgan fingerprint density at radius 3 is 2.65 bits per heavy atom. The fourth-order valence-corrected chi connectivity index (χ4v) is 3.79. The zero-order valence-corrected chi connectivity index (χ0v) is 17.4. The maximum atomic E-state index is 12.6. The molecule has 2 aromatic carbocycles. The lowest BCUT2D eigenvalue weighted by atomic mass is 10.1. The van der Waals surface area contributed by atoms with Crippen molar-refractivity contribution in [3.63, 3.8) is 0 Å². The molecule has 1 fully saturated rings. The molecule has 0 radical (unpaired) electrons. The van der Waals surface area contributed by atoms with Crippen molar-refractivity contribution in [1.29, 1.82) is 0 Å². The summed E-state index contributed by atoms with van der Waals surface area (Å²) in [5, 5.41) is 20.7. The largest absolute Gasteiger partial charge is 0.506 e. The van der Waals surface area contributed by atoms with Gasteiger partial charge in [-0.2, -0.15) is 0 Å². The standard InChI is InChI=1S/C24H25N3O4/c1-31-22-15-17(4-7-20(22)28)5-9-23(30)27-13-11-26(12-14-27)16-18-6-8-21(29)24-19(18)3-2-10-25-24/h2-10,15,28-29H,11-14,16H2,1H3/b9-5+. The highest BCUT2D eigenvalue weighted by atomic mass is 16.5. The third-order valence-corrected chi connectivity index (χ3v) is 5.54. The van der Waals surface area contributed by atoms with Crippen molar-refractivity contribution in [2.45, 2.75) is 6.54 Å². The number of piperazine rings is 1. The van der Waals surface area contributed by atoms with Crippen LogP contribution in [0.3, 0.4) is 0 Å². The van der Waals surface area contributed by atoms with Crippen LogP contribution in [-0.2, 0) is 11.3 Å². The highest BCUT2D eigenvalue weighted by Crippen LogP contribution is 2.27. The highest BCUT2D eigenvalue weighted by Gasteiger charge is 2.20. The molecular formula is C24H25N3O4. The zero-order valence-electron chi connectivity index (χ0n) is 17.4. The van der Waals surface area contributed by atoms with Crippen LogP contribution in [0.15, 0.2) is 54.7 Å². The summed E-state index contributed by atoms with van der Waals surface area (Å²) in [6.45, 7) is 3.59. The molecule has 31 heavy (non-hydrogen) atoms. The van der Waals surface area contributed by atoms with Gasteiger partial charge in [-0.1, -0.05) is 18.2 Å². The molecule has 0 unspecified atom stereocenters. The maximum Gasteiger partial charge on any atom is 0.246 e. The first-order valence-electron chi connectivity index (χ1n) is 10.2. The van der Waals surface area contributed by atoms with Gasteiger partial charge in [0.2, 0.25) is 5.91 Å². The van der Waals surface area contributed by atoms with Gasteiger partial charge >= 0.3 is 0 Å². The average Bonchev–Trinajstić information content (AvgIpc) is 2.81. The van der Waals surface area contributed by atoms with Gasteiger partial charge < -0.3 is 19.8 Å². The molecule has 4 rings (SSSR count). The Balaban J connectivity index is 1.36. The van der Waals surface area contributed by atoms with E-state index in [9.17, 15) is 15.0 Å². The number of nitrogens with zero attached hydrogens (tertiary/aromatic N) is 3. The van der Waals surface area contributed by atoms with Gasteiger partial charge in [0.25, 0.3) is 0 Å². The van der Waals surface area contributed by atoms with Crippen LogP contribution in [0, 0.1) is 0 Å². The van der Waals surface area contributed by atoms with Gasteiger partial charge in [0.1, 0.15) is 11.3 Å². The van der Waals surface area contributed by atoms with Crippen LogP contribution in [-0.4, -0.2) is 64.2 Å². The first kappa shape index (κ1) is 20.7. The molecule has 7 nitrogen and oxygen atoms in total. The maximum absolute atomic E-state index is 12.6. The minimum Gasteiger partial charge on any atom is -0.506 e. The lowest BCUT2D eigenvalue weighted by molar-refractivity contribution is -0.127. The summed E-state index contributed by atoms with van der Waals surface area (Å²) in [4.78, 5) is 21.0. The first-order valence-corrected chi connectivity index (χ1v) is 10.2. The lowest BCUT2D eigenvalue weighted by Crippen LogP contribution is -2.47. The second-order valence-corrected chi connectivity index (χ2v) is 7.51. The third kappa shape index (κ3) is 4.62. The van der Waals surface area contributed by atoms with E-state index in [-0.39, 0.29) is 17.4 Å². The molecule has 3 aromatic rings. The van der Waals surface area contributed by atoms with E-state index in [1.54, 1.807) is 42.6 Å². The van der Waals surface area contributed by atoms with E-state index in [1.165, 1.54) is 7.11 Å². The van der Waals surface area contributed by atoms with E-state index in [2.05, 4.69) is 9.88 Å². The van der Waals surface area contributed by atoms with Crippen molar-refractivity contribution in [3.05, 3.63) is 65.9 Å². The minimum absolute atomic E-state index is 0.0361. The average molecular weight is 419 g/mol. The molecule has 1 aliphatic rings. The van der Waals surface area contributed by atoms with Gasteiger partial charge in [0.15, 0.2) is 11.5 Å².